The molecule has 0 atom stereocenters. The van der Waals surface area contributed by atoms with Gasteiger partial charge >= 0.3 is 0 Å². The molecule has 0 aliphatic heterocycles. The molecule has 0 aliphatic rings. The zero-order valence-electron chi connectivity index (χ0n) is 10.8. The molecule has 0 aliphatic carbocycles. The quantitative estimate of drug-likeness (QED) is 0.806. The zero-order valence-corrected chi connectivity index (χ0v) is 10.8. The molecule has 0 saturated carbocycles. The smallest absolute Gasteiger partial charge is 0.287 e. The van der Waals surface area contributed by atoms with Crippen LogP contribution < -0.4 is 16.0 Å². The first-order chi connectivity index (χ1) is 9.20. The Hall–Kier alpha value is -2.30. The van der Waals surface area contributed by atoms with Crippen molar-refractivity contribution in [1.82, 2.24) is 10.2 Å². The van der Waals surface area contributed by atoms with Gasteiger partial charge in [0.1, 0.15) is 11.4 Å². The minimum absolute atomic E-state index is 0.160. The van der Waals surface area contributed by atoms with E-state index in [1.165, 1.54) is 0 Å². The lowest BCUT2D eigenvalue weighted by Gasteiger charge is -2.06. The minimum atomic E-state index is -0.372. The van der Waals surface area contributed by atoms with Gasteiger partial charge in [0.25, 0.3) is 5.56 Å². The first-order valence-corrected chi connectivity index (χ1v) is 6.29. The van der Waals surface area contributed by atoms with E-state index < -0.39 is 0 Å². The number of H-pyrrole nitrogens is 1. The number of anilines is 1. The van der Waals surface area contributed by atoms with Gasteiger partial charge in [-0.15, -0.1) is 0 Å². The van der Waals surface area contributed by atoms with Crippen molar-refractivity contribution < 1.29 is 4.74 Å². The third-order valence-corrected chi connectivity index (χ3v) is 2.75. The maximum atomic E-state index is 11.1. The number of nitrogens with two attached hydrogens (primary N) is 1. The molecule has 0 bridgehead atoms. The molecule has 100 valence electrons. The fraction of sp³-hybridized carbons (Fsp3) is 0.286. The average molecular weight is 259 g/mol. The van der Waals surface area contributed by atoms with E-state index in [2.05, 4.69) is 17.1 Å². The standard InChI is InChI=1S/C14H17N3O2/c1-2-3-8-19-11-6-4-10(5-7-11)13-9-12(15)14(18)17-16-13/h4-7,9H,2-3,8H2,1H3,(H2,15,16)(H,17,18). The van der Waals surface area contributed by atoms with Gasteiger partial charge < -0.3 is 10.5 Å². The van der Waals surface area contributed by atoms with Gasteiger partial charge in [0.2, 0.25) is 0 Å². The van der Waals surface area contributed by atoms with E-state index in [0.717, 1.165) is 30.8 Å². The molecule has 3 N–H and O–H groups in total. The summed E-state index contributed by atoms with van der Waals surface area (Å²) in [7, 11) is 0. The summed E-state index contributed by atoms with van der Waals surface area (Å²) in [5, 5.41) is 6.32. The van der Waals surface area contributed by atoms with Gasteiger partial charge in [0.15, 0.2) is 0 Å². The summed E-state index contributed by atoms with van der Waals surface area (Å²) in [6, 6.07) is 9.11. The van der Waals surface area contributed by atoms with E-state index in [4.69, 9.17) is 10.5 Å². The number of rotatable bonds is 5. The number of hydrogen-bond donors (Lipinski definition) is 2. The third kappa shape index (κ3) is 3.34. The predicted octanol–water partition coefficient (Wildman–Crippen LogP) is 2.20. The number of nitrogens with zero attached hydrogens (tertiary/aromatic N) is 1. The van der Waals surface area contributed by atoms with Crippen molar-refractivity contribution in [3.05, 3.63) is 40.7 Å². The summed E-state index contributed by atoms with van der Waals surface area (Å²) in [5.41, 5.74) is 6.87. The largest absolute Gasteiger partial charge is 0.494 e. The van der Waals surface area contributed by atoms with Gasteiger partial charge in [-0.05, 0) is 36.8 Å². The van der Waals surface area contributed by atoms with Crippen LogP contribution in [-0.2, 0) is 0 Å². The Morgan fingerprint density at radius 1 is 1.32 bits per heavy atom. The SMILES string of the molecule is CCCCOc1ccc(-c2cc(N)c(=O)[nH]n2)cc1. The van der Waals surface area contributed by atoms with Gasteiger partial charge in [-0.25, -0.2) is 5.10 Å². The van der Waals surface area contributed by atoms with Crippen LogP contribution in [0.5, 0.6) is 5.75 Å². The average Bonchev–Trinajstić information content (AvgIpc) is 2.43. The molecule has 5 heteroatoms. The summed E-state index contributed by atoms with van der Waals surface area (Å²) in [5.74, 6) is 0.828. The van der Waals surface area contributed by atoms with Crippen molar-refractivity contribution in [1.29, 1.82) is 0 Å². The molecule has 0 fully saturated rings. The molecule has 5 nitrogen and oxygen atoms in total. The van der Waals surface area contributed by atoms with Crippen molar-refractivity contribution >= 4 is 5.69 Å². The van der Waals surface area contributed by atoms with Crippen molar-refractivity contribution in [2.24, 2.45) is 0 Å². The Morgan fingerprint density at radius 2 is 2.05 bits per heavy atom. The maximum absolute atomic E-state index is 11.1. The van der Waals surface area contributed by atoms with E-state index in [1.807, 2.05) is 24.3 Å². The molecule has 1 heterocycles. The number of unbranched alkanes of at least 4 members (excludes halogenated alkanes) is 1. The zero-order chi connectivity index (χ0) is 13.7. The lowest BCUT2D eigenvalue weighted by molar-refractivity contribution is 0.309. The van der Waals surface area contributed by atoms with E-state index in [0.29, 0.717) is 5.69 Å². The van der Waals surface area contributed by atoms with Gasteiger partial charge in [0.05, 0.1) is 12.3 Å². The summed E-state index contributed by atoms with van der Waals surface area (Å²) >= 11 is 0. The van der Waals surface area contributed by atoms with E-state index in [-0.39, 0.29) is 11.2 Å². The molecule has 19 heavy (non-hydrogen) atoms. The topological polar surface area (TPSA) is 81.0 Å². The monoisotopic (exact) mass is 259 g/mol. The first kappa shape index (κ1) is 13.1. The van der Waals surface area contributed by atoms with Gasteiger partial charge in [-0.1, -0.05) is 13.3 Å². The van der Waals surface area contributed by atoms with Crippen LogP contribution in [-0.4, -0.2) is 16.8 Å². The number of nitrogen functional groups attached to an aromatic ring is 1. The second-order valence-corrected chi connectivity index (χ2v) is 4.26. The van der Waals surface area contributed by atoms with Crippen molar-refractivity contribution in [2.45, 2.75) is 19.8 Å². The minimum Gasteiger partial charge on any atom is -0.494 e. The van der Waals surface area contributed by atoms with Crippen LogP contribution in [0.25, 0.3) is 11.3 Å². The first-order valence-electron chi connectivity index (χ1n) is 6.29. The maximum Gasteiger partial charge on any atom is 0.287 e. The molecule has 2 rings (SSSR count). The Labute approximate surface area is 111 Å². The van der Waals surface area contributed by atoms with Crippen LogP contribution in [0.2, 0.25) is 0 Å². The number of hydrogen-bond acceptors (Lipinski definition) is 4. The molecule has 0 saturated heterocycles. The highest BCUT2D eigenvalue weighted by Crippen LogP contribution is 2.20. The third-order valence-electron chi connectivity index (χ3n) is 2.75. The normalized spacial score (nSPS) is 10.4. The fourth-order valence-electron chi connectivity index (χ4n) is 1.62. The second kappa shape index (κ2) is 6.04. The highest BCUT2D eigenvalue weighted by molar-refractivity contribution is 5.62. The predicted molar refractivity (Wildman–Crippen MR) is 75.1 cm³/mol. The van der Waals surface area contributed by atoms with Crippen molar-refractivity contribution in [3.8, 4) is 17.0 Å². The number of ether oxygens (including phenoxy) is 1. The molecule has 1 aromatic heterocycles. The van der Waals surface area contributed by atoms with Crippen LogP contribution in [0.3, 0.4) is 0 Å². The van der Waals surface area contributed by atoms with Crippen LogP contribution in [0, 0.1) is 0 Å². The molecule has 0 spiro atoms. The fourth-order valence-corrected chi connectivity index (χ4v) is 1.62. The highest BCUT2D eigenvalue weighted by Gasteiger charge is 2.03. The molecular weight excluding hydrogens is 242 g/mol. The Balaban J connectivity index is 2.13. The van der Waals surface area contributed by atoms with E-state index >= 15 is 0 Å². The number of benzene rings is 1. The Kier molecular flexibility index (Phi) is 4.18. The summed E-state index contributed by atoms with van der Waals surface area (Å²) in [6.45, 7) is 2.85. The highest BCUT2D eigenvalue weighted by atomic mass is 16.5. The number of aromatic nitrogens is 2. The summed E-state index contributed by atoms with van der Waals surface area (Å²) in [6.07, 6.45) is 2.15. The lowest BCUT2D eigenvalue weighted by Crippen LogP contribution is -2.13. The van der Waals surface area contributed by atoms with Crippen LogP contribution in [0.4, 0.5) is 5.69 Å². The molecule has 2 aromatic rings. The Bertz CT molecular complexity index is 590. The molecule has 0 amide bonds. The summed E-state index contributed by atoms with van der Waals surface area (Å²) < 4.78 is 5.58. The van der Waals surface area contributed by atoms with Gasteiger partial charge in [-0.3, -0.25) is 4.79 Å². The van der Waals surface area contributed by atoms with Crippen LogP contribution in [0.15, 0.2) is 35.1 Å². The van der Waals surface area contributed by atoms with E-state index in [1.54, 1.807) is 6.07 Å². The van der Waals surface area contributed by atoms with E-state index in [9.17, 15) is 4.79 Å². The van der Waals surface area contributed by atoms with Crippen molar-refractivity contribution in [3.63, 3.8) is 0 Å². The lowest BCUT2D eigenvalue weighted by atomic mass is 10.1. The van der Waals surface area contributed by atoms with Crippen LogP contribution >= 0.6 is 0 Å². The molecule has 1 aromatic carbocycles. The van der Waals surface area contributed by atoms with Crippen molar-refractivity contribution in [2.75, 3.05) is 12.3 Å². The molecule has 0 radical (unpaired) electrons. The number of aromatic amines is 1. The molecular formula is C14H17N3O2. The van der Waals surface area contributed by atoms with Crippen LogP contribution in [0.1, 0.15) is 19.8 Å². The molecule has 0 unspecified atom stereocenters. The van der Waals surface area contributed by atoms with Gasteiger partial charge in [0, 0.05) is 5.56 Å². The van der Waals surface area contributed by atoms with Gasteiger partial charge in [-0.2, -0.15) is 5.10 Å². The Morgan fingerprint density at radius 3 is 2.68 bits per heavy atom. The number of nitrogens with one attached hydrogen (secondary N) is 1. The second-order valence-electron chi connectivity index (χ2n) is 4.26. The summed E-state index contributed by atoms with van der Waals surface area (Å²) in [4.78, 5) is 11.1.